The van der Waals surface area contributed by atoms with Gasteiger partial charge in [0.05, 0.1) is 9.77 Å². The van der Waals surface area contributed by atoms with E-state index in [2.05, 4.69) is 0 Å². The van der Waals surface area contributed by atoms with Gasteiger partial charge in [0, 0.05) is 37.8 Å². The molecule has 0 N–H and O–H groups in total. The second kappa shape index (κ2) is 9.40. The van der Waals surface area contributed by atoms with Crippen LogP contribution in [0.25, 0.3) is 0 Å². The van der Waals surface area contributed by atoms with Gasteiger partial charge in [0.25, 0.3) is 5.91 Å². The molecular weight excluding hydrogens is 451 g/mol. The van der Waals surface area contributed by atoms with Crippen molar-refractivity contribution in [2.75, 3.05) is 26.2 Å². The first-order valence-electron chi connectivity index (χ1n) is 10.1. The minimum Gasteiger partial charge on any atom is -0.489 e. The number of hydrogen-bond acceptors (Lipinski definition) is 5. The van der Waals surface area contributed by atoms with Crippen molar-refractivity contribution in [1.82, 2.24) is 9.21 Å². The molecule has 1 saturated heterocycles. The van der Waals surface area contributed by atoms with Crippen molar-refractivity contribution in [2.24, 2.45) is 0 Å². The molecule has 0 aliphatic carbocycles. The van der Waals surface area contributed by atoms with Gasteiger partial charge in [0.1, 0.15) is 18.2 Å². The Labute approximate surface area is 190 Å². The lowest BCUT2D eigenvalue weighted by Crippen LogP contribution is -2.50. The average Bonchev–Trinajstić information content (AvgIpc) is 3.27. The normalized spacial score (nSPS) is 15.0. The standard InChI is InChI=1S/C23H23FN2O4S2/c1-17-5-7-21(8-6-17)32(28,29)26-11-9-25(10-12-26)23(27)22-13-18(16-31-22)15-30-20-4-2-3-19(24)14-20/h2-8,13-14,16H,9-12,15H2,1H3. The number of carbonyl (C=O) groups excluding carboxylic acids is 1. The number of aryl methyl sites for hydroxylation is 1. The number of ether oxygens (including phenoxy) is 1. The number of nitrogens with zero attached hydrogens (tertiary/aromatic N) is 2. The lowest BCUT2D eigenvalue weighted by atomic mass is 10.2. The van der Waals surface area contributed by atoms with Gasteiger partial charge in [0.2, 0.25) is 10.0 Å². The summed E-state index contributed by atoms with van der Waals surface area (Å²) in [5, 5.41) is 1.84. The van der Waals surface area contributed by atoms with Crippen molar-refractivity contribution in [3.8, 4) is 5.75 Å². The van der Waals surface area contributed by atoms with Crippen molar-refractivity contribution in [3.63, 3.8) is 0 Å². The van der Waals surface area contributed by atoms with Crippen molar-refractivity contribution in [1.29, 1.82) is 0 Å². The zero-order valence-electron chi connectivity index (χ0n) is 17.5. The highest BCUT2D eigenvalue weighted by molar-refractivity contribution is 7.89. The number of sulfonamides is 1. The summed E-state index contributed by atoms with van der Waals surface area (Å²) in [6.07, 6.45) is 0. The van der Waals surface area contributed by atoms with Crippen LogP contribution in [0.1, 0.15) is 20.8 Å². The maximum absolute atomic E-state index is 13.3. The van der Waals surface area contributed by atoms with E-state index in [1.165, 1.54) is 27.8 Å². The summed E-state index contributed by atoms with van der Waals surface area (Å²) in [7, 11) is -3.57. The van der Waals surface area contributed by atoms with Gasteiger partial charge < -0.3 is 9.64 Å². The molecule has 4 rings (SSSR count). The number of thiophene rings is 1. The summed E-state index contributed by atoms with van der Waals surface area (Å²) >= 11 is 1.32. The van der Waals surface area contributed by atoms with E-state index >= 15 is 0 Å². The molecule has 0 radical (unpaired) electrons. The topological polar surface area (TPSA) is 66.9 Å². The first-order chi connectivity index (χ1) is 15.3. The lowest BCUT2D eigenvalue weighted by Gasteiger charge is -2.33. The van der Waals surface area contributed by atoms with E-state index in [-0.39, 0.29) is 36.3 Å². The zero-order valence-corrected chi connectivity index (χ0v) is 19.2. The Hall–Kier alpha value is -2.75. The smallest absolute Gasteiger partial charge is 0.264 e. The molecule has 1 amide bonds. The quantitative estimate of drug-likeness (QED) is 0.543. The third-order valence-corrected chi connectivity index (χ3v) is 8.13. The number of amides is 1. The van der Waals surface area contributed by atoms with Gasteiger partial charge in [-0.3, -0.25) is 4.79 Å². The largest absolute Gasteiger partial charge is 0.489 e. The van der Waals surface area contributed by atoms with Gasteiger partial charge in [0.15, 0.2) is 0 Å². The summed E-state index contributed by atoms with van der Waals surface area (Å²) in [6.45, 7) is 3.31. The minimum absolute atomic E-state index is 0.126. The molecule has 0 bridgehead atoms. The van der Waals surface area contributed by atoms with E-state index in [4.69, 9.17) is 4.74 Å². The molecule has 0 saturated carbocycles. The Bertz CT molecular complexity index is 1200. The number of halogens is 1. The van der Waals surface area contributed by atoms with E-state index in [0.717, 1.165) is 11.1 Å². The summed E-state index contributed by atoms with van der Waals surface area (Å²) in [5.74, 6) is -0.0680. The van der Waals surface area contributed by atoms with Crippen LogP contribution >= 0.6 is 11.3 Å². The number of carbonyl (C=O) groups is 1. The average molecular weight is 475 g/mol. The van der Waals surface area contributed by atoms with Gasteiger partial charge in [-0.25, -0.2) is 12.8 Å². The lowest BCUT2D eigenvalue weighted by molar-refractivity contribution is 0.0702. The number of benzene rings is 2. The second-order valence-electron chi connectivity index (χ2n) is 7.57. The summed E-state index contributed by atoms with van der Waals surface area (Å²) < 4.78 is 45.9. The third-order valence-electron chi connectivity index (χ3n) is 5.25. The van der Waals surface area contributed by atoms with E-state index in [0.29, 0.717) is 23.7 Å². The van der Waals surface area contributed by atoms with Crippen molar-refractivity contribution in [3.05, 3.63) is 81.8 Å². The molecule has 32 heavy (non-hydrogen) atoms. The minimum atomic E-state index is -3.57. The van der Waals surface area contributed by atoms with Crippen LogP contribution in [0.2, 0.25) is 0 Å². The van der Waals surface area contributed by atoms with Crippen LogP contribution in [0.3, 0.4) is 0 Å². The van der Waals surface area contributed by atoms with Gasteiger partial charge in [-0.05, 0) is 42.6 Å². The first kappa shape index (κ1) is 22.4. The van der Waals surface area contributed by atoms with Crippen LogP contribution in [0, 0.1) is 12.7 Å². The molecule has 1 aliphatic heterocycles. The maximum atomic E-state index is 13.3. The molecule has 1 aliphatic rings. The molecule has 1 fully saturated rings. The molecule has 1 aromatic heterocycles. The van der Waals surface area contributed by atoms with Crippen LogP contribution in [0.5, 0.6) is 5.75 Å². The van der Waals surface area contributed by atoms with E-state index in [1.807, 2.05) is 12.3 Å². The fourth-order valence-corrected chi connectivity index (χ4v) is 5.72. The molecule has 0 spiro atoms. The molecule has 168 valence electrons. The number of rotatable bonds is 6. The Morgan fingerprint density at radius 3 is 2.47 bits per heavy atom. The first-order valence-corrected chi connectivity index (χ1v) is 12.5. The zero-order chi connectivity index (χ0) is 22.7. The summed E-state index contributed by atoms with van der Waals surface area (Å²) in [6, 6.07) is 14.4. The Morgan fingerprint density at radius 2 is 1.78 bits per heavy atom. The van der Waals surface area contributed by atoms with Gasteiger partial charge in [-0.2, -0.15) is 4.31 Å². The monoisotopic (exact) mass is 474 g/mol. The number of hydrogen-bond donors (Lipinski definition) is 0. The second-order valence-corrected chi connectivity index (χ2v) is 10.4. The maximum Gasteiger partial charge on any atom is 0.264 e. The summed E-state index contributed by atoms with van der Waals surface area (Å²) in [5.41, 5.74) is 1.82. The van der Waals surface area contributed by atoms with E-state index in [1.54, 1.807) is 47.4 Å². The van der Waals surface area contributed by atoms with E-state index in [9.17, 15) is 17.6 Å². The molecule has 2 aromatic carbocycles. The van der Waals surface area contributed by atoms with Crippen molar-refractivity contribution < 1.29 is 22.3 Å². The molecule has 6 nitrogen and oxygen atoms in total. The third kappa shape index (κ3) is 5.01. The van der Waals surface area contributed by atoms with E-state index < -0.39 is 10.0 Å². The van der Waals surface area contributed by atoms with Crippen LogP contribution in [-0.2, 0) is 16.6 Å². The molecule has 0 unspecified atom stereocenters. The molecule has 0 atom stereocenters. The van der Waals surface area contributed by atoms with Gasteiger partial charge in [-0.15, -0.1) is 11.3 Å². The molecule has 3 aromatic rings. The van der Waals surface area contributed by atoms with Gasteiger partial charge in [-0.1, -0.05) is 23.8 Å². The van der Waals surface area contributed by atoms with Crippen molar-refractivity contribution in [2.45, 2.75) is 18.4 Å². The predicted molar refractivity (Wildman–Crippen MR) is 121 cm³/mol. The predicted octanol–water partition coefficient (Wildman–Crippen LogP) is 3.92. The number of piperazine rings is 1. The fraction of sp³-hybridized carbons (Fsp3) is 0.261. The Balaban J connectivity index is 1.34. The van der Waals surface area contributed by atoms with Crippen LogP contribution in [0.4, 0.5) is 4.39 Å². The van der Waals surface area contributed by atoms with Crippen LogP contribution in [0.15, 0.2) is 64.9 Å². The SMILES string of the molecule is Cc1ccc(S(=O)(=O)N2CCN(C(=O)c3cc(COc4cccc(F)c4)cs3)CC2)cc1. The highest BCUT2D eigenvalue weighted by Gasteiger charge is 2.30. The Morgan fingerprint density at radius 1 is 1.06 bits per heavy atom. The Kier molecular flexibility index (Phi) is 6.59. The van der Waals surface area contributed by atoms with Gasteiger partial charge >= 0.3 is 0 Å². The van der Waals surface area contributed by atoms with Crippen LogP contribution < -0.4 is 4.74 Å². The summed E-state index contributed by atoms with van der Waals surface area (Å²) in [4.78, 5) is 15.4. The highest BCUT2D eigenvalue weighted by atomic mass is 32.2. The molecule has 2 heterocycles. The fourth-order valence-electron chi connectivity index (χ4n) is 3.43. The highest BCUT2D eigenvalue weighted by Crippen LogP contribution is 2.22. The molecular formula is C23H23FN2O4S2. The van der Waals surface area contributed by atoms with Crippen molar-refractivity contribution >= 4 is 27.3 Å². The van der Waals surface area contributed by atoms with Crippen LogP contribution in [-0.4, -0.2) is 49.7 Å². The molecule has 9 heteroatoms.